The summed E-state index contributed by atoms with van der Waals surface area (Å²) < 4.78 is 5.63. The van der Waals surface area contributed by atoms with Gasteiger partial charge in [0.1, 0.15) is 0 Å². The van der Waals surface area contributed by atoms with Gasteiger partial charge in [-0.05, 0) is 30.7 Å². The molecule has 2 aliphatic rings. The molecule has 2 aromatic heterocycles. The smallest absolute Gasteiger partial charge is 0.199 e. The zero-order valence-corrected chi connectivity index (χ0v) is 14.2. The van der Waals surface area contributed by atoms with Crippen LogP contribution in [0.2, 0.25) is 5.02 Å². The van der Waals surface area contributed by atoms with Crippen LogP contribution in [0.3, 0.4) is 0 Å². The molecule has 7 heteroatoms. The Morgan fingerprint density at radius 1 is 1.28 bits per heavy atom. The maximum atomic E-state index is 10.3. The molecule has 2 saturated heterocycles. The van der Waals surface area contributed by atoms with Gasteiger partial charge in [-0.15, -0.1) is 5.10 Å². The van der Waals surface area contributed by atoms with Crippen molar-refractivity contribution < 1.29 is 9.84 Å². The summed E-state index contributed by atoms with van der Waals surface area (Å²) in [7, 11) is 0. The molecule has 2 fully saturated rings. The van der Waals surface area contributed by atoms with E-state index in [1.807, 2.05) is 24.3 Å². The Balaban J connectivity index is 1.45. The second kappa shape index (κ2) is 5.69. The van der Waals surface area contributed by atoms with Crippen LogP contribution >= 0.6 is 11.6 Å². The lowest BCUT2D eigenvalue weighted by Crippen LogP contribution is -2.36. The molecule has 25 heavy (non-hydrogen) atoms. The van der Waals surface area contributed by atoms with E-state index >= 15 is 0 Å². The molecule has 0 amide bonds. The van der Waals surface area contributed by atoms with Gasteiger partial charge in [0.25, 0.3) is 0 Å². The SMILES string of the molecule is Oc1[nH]c2cccc(Cl)c2c1-c1ccc(CN2CC3CC2CO3)nn1. The predicted molar refractivity (Wildman–Crippen MR) is 94.6 cm³/mol. The first-order valence-electron chi connectivity index (χ1n) is 8.37. The molecule has 5 rings (SSSR count). The molecule has 128 valence electrons. The monoisotopic (exact) mass is 356 g/mol. The molecule has 2 unspecified atom stereocenters. The van der Waals surface area contributed by atoms with Crippen molar-refractivity contribution in [3.8, 4) is 17.1 Å². The summed E-state index contributed by atoms with van der Waals surface area (Å²) >= 11 is 6.31. The summed E-state index contributed by atoms with van der Waals surface area (Å²) in [5, 5.41) is 20.3. The Morgan fingerprint density at radius 3 is 2.92 bits per heavy atom. The molecule has 0 saturated carbocycles. The molecule has 2 atom stereocenters. The van der Waals surface area contributed by atoms with Gasteiger partial charge in [-0.3, -0.25) is 4.90 Å². The molecule has 2 aliphatic heterocycles. The van der Waals surface area contributed by atoms with Gasteiger partial charge in [-0.1, -0.05) is 17.7 Å². The predicted octanol–water partition coefficient (Wildman–Crippen LogP) is 2.96. The minimum absolute atomic E-state index is 0.0548. The summed E-state index contributed by atoms with van der Waals surface area (Å²) in [6.07, 6.45) is 1.50. The molecular formula is C18H17ClN4O2. The zero-order chi connectivity index (χ0) is 17.0. The van der Waals surface area contributed by atoms with E-state index in [2.05, 4.69) is 20.1 Å². The average molecular weight is 357 g/mol. The highest BCUT2D eigenvalue weighted by Crippen LogP contribution is 2.39. The number of nitrogens with zero attached hydrogens (tertiary/aromatic N) is 3. The number of hydrogen-bond donors (Lipinski definition) is 2. The van der Waals surface area contributed by atoms with Crippen LogP contribution in [0.15, 0.2) is 30.3 Å². The summed E-state index contributed by atoms with van der Waals surface area (Å²) in [5.41, 5.74) is 2.89. The number of fused-ring (bicyclic) bond motifs is 3. The van der Waals surface area contributed by atoms with Crippen molar-refractivity contribution in [2.24, 2.45) is 0 Å². The average Bonchev–Trinajstić information content (AvgIpc) is 3.30. The standard InChI is InChI=1S/C18H17ClN4O2/c19-13-2-1-3-14-16(13)17(18(24)20-14)15-5-4-10(21-22-15)7-23-8-12-6-11(23)9-25-12/h1-5,11-12,20,24H,6-9H2. The van der Waals surface area contributed by atoms with E-state index in [4.69, 9.17) is 16.3 Å². The number of H-pyrrole nitrogens is 1. The quantitative estimate of drug-likeness (QED) is 0.754. The number of hydrogen-bond acceptors (Lipinski definition) is 5. The number of halogens is 1. The van der Waals surface area contributed by atoms with Crippen LogP contribution in [-0.4, -0.2) is 50.5 Å². The van der Waals surface area contributed by atoms with Crippen LogP contribution in [0.25, 0.3) is 22.2 Å². The largest absolute Gasteiger partial charge is 0.494 e. The number of rotatable bonds is 3. The minimum Gasteiger partial charge on any atom is -0.494 e. The number of aromatic nitrogens is 3. The van der Waals surface area contributed by atoms with Crippen molar-refractivity contribution in [2.45, 2.75) is 25.1 Å². The highest BCUT2D eigenvalue weighted by Gasteiger charge is 2.38. The number of benzene rings is 1. The third kappa shape index (κ3) is 2.49. The van der Waals surface area contributed by atoms with Gasteiger partial charge < -0.3 is 14.8 Å². The van der Waals surface area contributed by atoms with Gasteiger partial charge in [0.15, 0.2) is 5.88 Å². The second-order valence-electron chi connectivity index (χ2n) is 6.70. The van der Waals surface area contributed by atoms with Crippen molar-refractivity contribution in [3.63, 3.8) is 0 Å². The minimum atomic E-state index is 0.0548. The molecule has 0 spiro atoms. The highest BCUT2D eigenvalue weighted by atomic mass is 35.5. The molecular weight excluding hydrogens is 340 g/mol. The zero-order valence-electron chi connectivity index (χ0n) is 13.4. The van der Waals surface area contributed by atoms with Crippen molar-refractivity contribution in [2.75, 3.05) is 13.2 Å². The van der Waals surface area contributed by atoms with E-state index in [9.17, 15) is 5.11 Å². The first-order valence-corrected chi connectivity index (χ1v) is 8.74. The summed E-state index contributed by atoms with van der Waals surface area (Å²) in [4.78, 5) is 5.34. The number of aromatic hydroxyl groups is 1. The van der Waals surface area contributed by atoms with Crippen LogP contribution in [0.4, 0.5) is 0 Å². The van der Waals surface area contributed by atoms with Gasteiger partial charge >= 0.3 is 0 Å². The van der Waals surface area contributed by atoms with Crippen LogP contribution in [0.5, 0.6) is 5.88 Å². The summed E-state index contributed by atoms with van der Waals surface area (Å²) in [6.45, 7) is 2.56. The third-order valence-electron chi connectivity index (χ3n) is 5.11. The normalized spacial score (nSPS) is 22.9. The van der Waals surface area contributed by atoms with Gasteiger partial charge in [0.2, 0.25) is 0 Å². The molecule has 0 aliphatic carbocycles. The Morgan fingerprint density at radius 2 is 2.20 bits per heavy atom. The van der Waals surface area contributed by atoms with E-state index in [0.29, 0.717) is 28.4 Å². The lowest BCUT2D eigenvalue weighted by molar-refractivity contribution is 0.0267. The van der Waals surface area contributed by atoms with Gasteiger partial charge in [-0.25, -0.2) is 0 Å². The fourth-order valence-electron chi connectivity index (χ4n) is 3.90. The van der Waals surface area contributed by atoms with Crippen LogP contribution in [-0.2, 0) is 11.3 Å². The first-order chi connectivity index (χ1) is 12.2. The van der Waals surface area contributed by atoms with E-state index in [-0.39, 0.29) is 5.88 Å². The molecule has 6 nitrogen and oxygen atoms in total. The molecule has 0 radical (unpaired) electrons. The Kier molecular flexibility index (Phi) is 3.45. The number of likely N-dealkylation sites (tertiary alicyclic amines) is 1. The number of morpholine rings is 1. The molecule has 1 aromatic carbocycles. The molecule has 4 heterocycles. The number of nitrogens with one attached hydrogen (secondary N) is 1. The maximum absolute atomic E-state index is 10.3. The fraction of sp³-hybridized carbons (Fsp3) is 0.333. The van der Waals surface area contributed by atoms with Crippen LogP contribution < -0.4 is 0 Å². The Hall–Kier alpha value is -2.15. The highest BCUT2D eigenvalue weighted by molar-refractivity contribution is 6.36. The van der Waals surface area contributed by atoms with E-state index in [1.54, 1.807) is 6.07 Å². The first kappa shape index (κ1) is 15.1. The summed E-state index contributed by atoms with van der Waals surface area (Å²) in [5.74, 6) is 0.0548. The maximum Gasteiger partial charge on any atom is 0.199 e. The fourth-order valence-corrected chi connectivity index (χ4v) is 4.17. The van der Waals surface area contributed by atoms with Gasteiger partial charge in [0.05, 0.1) is 40.2 Å². The van der Waals surface area contributed by atoms with Crippen molar-refractivity contribution in [3.05, 3.63) is 41.0 Å². The van der Waals surface area contributed by atoms with Gasteiger partial charge in [0, 0.05) is 24.5 Å². The topological polar surface area (TPSA) is 74.3 Å². The lowest BCUT2D eigenvalue weighted by Gasteiger charge is -2.25. The van der Waals surface area contributed by atoms with E-state index in [0.717, 1.165) is 42.7 Å². The number of aromatic amines is 1. The van der Waals surface area contributed by atoms with Gasteiger partial charge in [-0.2, -0.15) is 5.10 Å². The van der Waals surface area contributed by atoms with E-state index in [1.165, 1.54) is 0 Å². The number of ether oxygens (including phenoxy) is 1. The van der Waals surface area contributed by atoms with Crippen LogP contribution in [0.1, 0.15) is 12.1 Å². The third-order valence-corrected chi connectivity index (χ3v) is 5.42. The summed E-state index contributed by atoms with van der Waals surface area (Å²) in [6, 6.07) is 9.86. The Labute approximate surface area is 149 Å². The van der Waals surface area contributed by atoms with Crippen molar-refractivity contribution in [1.82, 2.24) is 20.1 Å². The van der Waals surface area contributed by atoms with Crippen LogP contribution in [0, 0.1) is 0 Å². The van der Waals surface area contributed by atoms with Crippen molar-refractivity contribution in [1.29, 1.82) is 0 Å². The van der Waals surface area contributed by atoms with E-state index < -0.39 is 0 Å². The molecule has 2 bridgehead atoms. The lowest BCUT2D eigenvalue weighted by atomic mass is 10.1. The van der Waals surface area contributed by atoms with Crippen molar-refractivity contribution >= 4 is 22.5 Å². The second-order valence-corrected chi connectivity index (χ2v) is 7.10. The molecule has 2 N–H and O–H groups in total. The Bertz CT molecular complexity index is 940. The molecule has 3 aromatic rings.